The highest BCUT2D eigenvalue weighted by Gasteiger charge is 2.54. The van der Waals surface area contributed by atoms with E-state index in [1.54, 1.807) is 0 Å². The first-order valence-electron chi connectivity index (χ1n) is 15.2. The molecule has 0 amide bonds. The van der Waals surface area contributed by atoms with E-state index in [0.29, 0.717) is 17.7 Å². The molecular weight excluding hydrogens is 556 g/mol. The molecule has 8 bridgehead atoms. The largest absolute Gasteiger partial charge is 0.481 e. The van der Waals surface area contributed by atoms with Crippen LogP contribution in [0, 0.1) is 31.6 Å². The molecular formula is C35H38N4O5. The van der Waals surface area contributed by atoms with Gasteiger partial charge in [-0.1, -0.05) is 26.5 Å². The lowest BCUT2D eigenvalue weighted by Crippen LogP contribution is -2.35. The van der Waals surface area contributed by atoms with Gasteiger partial charge in [-0.05, 0) is 80.0 Å². The highest BCUT2D eigenvalue weighted by atomic mass is 16.5. The fourth-order valence-electron chi connectivity index (χ4n) is 7.64. The lowest BCUT2D eigenvalue weighted by Gasteiger charge is -2.28. The van der Waals surface area contributed by atoms with Crippen LogP contribution in [-0.4, -0.2) is 57.4 Å². The number of fused-ring (bicyclic) bond motifs is 6. The summed E-state index contributed by atoms with van der Waals surface area (Å²) in [6.07, 6.45) is 8.99. The molecule has 1 aliphatic carbocycles. The molecule has 0 fully saturated rings. The molecule has 228 valence electrons. The van der Waals surface area contributed by atoms with Gasteiger partial charge in [-0.15, -0.1) is 0 Å². The van der Waals surface area contributed by atoms with Crippen LogP contribution in [-0.2, 0) is 14.3 Å². The Morgan fingerprint density at radius 2 is 1.86 bits per heavy atom. The minimum Gasteiger partial charge on any atom is -0.481 e. The van der Waals surface area contributed by atoms with Crippen LogP contribution < -0.4 is 10.7 Å². The Morgan fingerprint density at radius 1 is 1.11 bits per heavy atom. The van der Waals surface area contributed by atoms with Crippen LogP contribution >= 0.6 is 0 Å². The Balaban J connectivity index is 1.68. The molecule has 44 heavy (non-hydrogen) atoms. The number of carbonyl (C=O) groups excluding carboxylic acids is 2. The molecule has 9 nitrogen and oxygen atoms in total. The van der Waals surface area contributed by atoms with Gasteiger partial charge in [0.05, 0.1) is 24.6 Å². The maximum atomic E-state index is 14.0. The first kappa shape index (κ1) is 29.5. The first-order valence-corrected chi connectivity index (χ1v) is 15.2. The number of hydrogen-bond donors (Lipinski definition) is 3. The van der Waals surface area contributed by atoms with Crippen LogP contribution in [0.1, 0.15) is 84.4 Å². The van der Waals surface area contributed by atoms with Crippen LogP contribution in [0.5, 0.6) is 0 Å². The van der Waals surface area contributed by atoms with Crippen molar-refractivity contribution in [1.29, 1.82) is 0 Å². The smallest absolute Gasteiger partial charge is 0.317 e. The van der Waals surface area contributed by atoms with Crippen LogP contribution in [0.15, 0.2) is 33.4 Å². The second kappa shape index (κ2) is 10.9. The van der Waals surface area contributed by atoms with Gasteiger partial charge in [-0.25, -0.2) is 4.99 Å². The highest BCUT2D eigenvalue weighted by Crippen LogP contribution is 2.50. The summed E-state index contributed by atoms with van der Waals surface area (Å²) < 4.78 is 5.17. The summed E-state index contributed by atoms with van der Waals surface area (Å²) in [4.78, 5) is 56.3. The molecule has 2 aromatic rings. The summed E-state index contributed by atoms with van der Waals surface area (Å²) in [6.45, 7) is 14.2. The topological polar surface area (TPSA) is 137 Å². The summed E-state index contributed by atoms with van der Waals surface area (Å²) >= 11 is 0. The standard InChI is InChI=1S/C35H38N4O5/c1-8-19-15(3)22-12-24-17(5)21(10-11-28(40)41)32(38-24)30-31(35(43)44-7)34(42)29-18(6)25(39-33(29)30)14-27-20(9-2)16(4)23(37-27)13-26(19)36-22/h8,12-14,17,21,30-32,36,39H,1,9-11H2,2-7H3,(H,40,41). The highest BCUT2D eigenvalue weighted by molar-refractivity contribution is 6.23. The van der Waals surface area contributed by atoms with E-state index in [0.717, 1.165) is 67.8 Å². The minimum atomic E-state index is -1.07. The number of hydrogen-bond acceptors (Lipinski definition) is 6. The summed E-state index contributed by atoms with van der Waals surface area (Å²) in [6, 6.07) is -0.513. The van der Waals surface area contributed by atoms with Gasteiger partial charge in [0.2, 0.25) is 0 Å². The van der Waals surface area contributed by atoms with E-state index in [-0.39, 0.29) is 24.0 Å². The van der Waals surface area contributed by atoms with Gasteiger partial charge in [0.1, 0.15) is 5.92 Å². The number of carboxylic acid groups (broad SMARTS) is 1. The Labute approximate surface area is 255 Å². The number of nitrogens with one attached hydrogen (secondary N) is 2. The number of Topliss-reactive ketones (excluding diaryl/α,β-unsaturated/α-hetero) is 1. The normalized spacial score (nSPS) is 25.3. The van der Waals surface area contributed by atoms with Crippen molar-refractivity contribution in [2.75, 3.05) is 7.11 Å². The van der Waals surface area contributed by atoms with Crippen molar-refractivity contribution in [3.8, 4) is 0 Å². The molecule has 0 radical (unpaired) electrons. The van der Waals surface area contributed by atoms with Gasteiger partial charge in [0.15, 0.2) is 5.78 Å². The molecule has 5 atom stereocenters. The SMILES string of the molecule is C=Cc1c(C)c2[nH]c1=CC1=NC(=Cc3[nH]c4c(c3C)C(=O)C(C(=O)OC)C4C3N=C(C=2)C(C)C3CCC(=O)O)C(CC)=C1C. The van der Waals surface area contributed by atoms with E-state index >= 15 is 0 Å². The number of methoxy groups -OCH3 is 1. The number of aromatic nitrogens is 2. The number of ether oxygens (including phenoxy) is 1. The number of aliphatic imine (C=N–C) groups is 2. The van der Waals surface area contributed by atoms with Gasteiger partial charge >= 0.3 is 11.9 Å². The number of esters is 1. The lowest BCUT2D eigenvalue weighted by atomic mass is 9.75. The molecule has 0 saturated heterocycles. The molecule has 0 spiro atoms. The fourth-order valence-corrected chi connectivity index (χ4v) is 7.64. The van der Waals surface area contributed by atoms with Crippen LogP contribution in [0.4, 0.5) is 0 Å². The summed E-state index contributed by atoms with van der Waals surface area (Å²) in [7, 11) is 1.29. The zero-order chi connectivity index (χ0) is 31.6. The van der Waals surface area contributed by atoms with Crippen LogP contribution in [0.2, 0.25) is 0 Å². The molecule has 9 heteroatoms. The molecule has 5 unspecified atom stereocenters. The predicted octanol–water partition coefficient (Wildman–Crippen LogP) is 4.41. The monoisotopic (exact) mass is 594 g/mol. The first-order chi connectivity index (χ1) is 21.0. The number of H-pyrrole nitrogens is 2. The number of allylic oxidation sites excluding steroid dienone is 2. The second-order valence-corrected chi connectivity index (χ2v) is 12.2. The molecule has 5 heterocycles. The lowest BCUT2D eigenvalue weighted by molar-refractivity contribution is -0.144. The Hall–Kier alpha value is -4.53. The van der Waals surface area contributed by atoms with Crippen molar-refractivity contribution in [2.24, 2.45) is 27.7 Å². The van der Waals surface area contributed by atoms with E-state index in [1.165, 1.54) is 7.11 Å². The van der Waals surface area contributed by atoms with Crippen molar-refractivity contribution in [3.63, 3.8) is 0 Å². The number of rotatable bonds is 6. The molecule has 3 aliphatic heterocycles. The maximum absolute atomic E-state index is 14.0. The summed E-state index contributed by atoms with van der Waals surface area (Å²) in [5.74, 6) is -3.83. The van der Waals surface area contributed by atoms with Crippen molar-refractivity contribution >= 4 is 53.4 Å². The number of aliphatic carboxylic acids is 1. The molecule has 6 rings (SSSR count). The average molecular weight is 595 g/mol. The van der Waals surface area contributed by atoms with Gasteiger partial charge in [0, 0.05) is 57.2 Å². The number of carbonyl (C=O) groups is 3. The van der Waals surface area contributed by atoms with Gasteiger partial charge in [-0.3, -0.25) is 19.4 Å². The van der Waals surface area contributed by atoms with Crippen molar-refractivity contribution in [2.45, 2.75) is 65.8 Å². The van der Waals surface area contributed by atoms with Crippen molar-refractivity contribution in [1.82, 2.24) is 9.97 Å². The van der Waals surface area contributed by atoms with E-state index in [4.69, 9.17) is 14.7 Å². The van der Waals surface area contributed by atoms with Crippen LogP contribution in [0.3, 0.4) is 0 Å². The molecule has 4 aliphatic rings. The third-order valence-electron chi connectivity index (χ3n) is 10.1. The zero-order valence-corrected chi connectivity index (χ0v) is 26.0. The van der Waals surface area contributed by atoms with Crippen LogP contribution in [0.25, 0.3) is 24.3 Å². The van der Waals surface area contributed by atoms with E-state index in [2.05, 4.69) is 36.5 Å². The van der Waals surface area contributed by atoms with E-state index in [9.17, 15) is 19.5 Å². The predicted molar refractivity (Wildman–Crippen MR) is 171 cm³/mol. The molecule has 2 aromatic heterocycles. The number of nitrogens with zero attached hydrogens (tertiary/aromatic N) is 2. The van der Waals surface area contributed by atoms with E-state index < -0.39 is 29.8 Å². The maximum Gasteiger partial charge on any atom is 0.317 e. The van der Waals surface area contributed by atoms with Gasteiger partial charge in [0.25, 0.3) is 0 Å². The fraction of sp³-hybridized carbons (Fsp3) is 0.400. The third kappa shape index (κ3) is 4.40. The zero-order valence-electron chi connectivity index (χ0n) is 26.0. The molecule has 3 N–H and O–H groups in total. The molecule has 0 aromatic carbocycles. The van der Waals surface area contributed by atoms with Crippen molar-refractivity contribution < 1.29 is 24.2 Å². The Bertz CT molecular complexity index is 1900. The summed E-state index contributed by atoms with van der Waals surface area (Å²) in [5.41, 5.74) is 9.32. The second-order valence-electron chi connectivity index (χ2n) is 12.2. The quantitative estimate of drug-likeness (QED) is 0.336. The summed E-state index contributed by atoms with van der Waals surface area (Å²) in [5, 5.41) is 11.4. The van der Waals surface area contributed by atoms with Crippen molar-refractivity contribution in [3.05, 3.63) is 67.8 Å². The average Bonchev–Trinajstić information content (AvgIpc) is 3.72. The number of carboxylic acids is 1. The van der Waals surface area contributed by atoms with E-state index in [1.807, 2.05) is 39.0 Å². The van der Waals surface area contributed by atoms with Gasteiger partial charge < -0.3 is 19.8 Å². The Morgan fingerprint density at radius 3 is 2.52 bits per heavy atom. The Kier molecular flexibility index (Phi) is 7.30. The number of ketones is 1. The third-order valence-corrected chi connectivity index (χ3v) is 10.1. The molecule has 0 saturated carbocycles. The minimum absolute atomic E-state index is 0.0430. The van der Waals surface area contributed by atoms with Gasteiger partial charge in [-0.2, -0.15) is 0 Å². The number of aromatic amines is 2.